The molecule has 0 unspecified atom stereocenters. The van der Waals surface area contributed by atoms with Crippen molar-refractivity contribution in [2.45, 2.75) is 17.9 Å². The first kappa shape index (κ1) is 21.4. The maximum atomic E-state index is 12.7. The SMILES string of the molecule is COCCn1c(=NC(=O)Cc2ccc(SC)cc2)sc2c(OC)ccc(OC)c21. The van der Waals surface area contributed by atoms with E-state index in [1.807, 2.05) is 47.2 Å². The standard InChI is InChI=1S/C21H24N2O4S2/c1-25-12-11-23-19-16(26-2)9-10-17(27-3)20(19)29-21(23)22-18(24)13-14-5-7-15(28-4)8-6-14/h5-10H,11-13H2,1-4H3. The maximum Gasteiger partial charge on any atom is 0.252 e. The lowest BCUT2D eigenvalue weighted by Gasteiger charge is -2.09. The van der Waals surface area contributed by atoms with E-state index in [1.54, 1.807) is 33.1 Å². The molecule has 1 heterocycles. The second-order valence-electron chi connectivity index (χ2n) is 6.21. The van der Waals surface area contributed by atoms with Crippen LogP contribution >= 0.6 is 23.1 Å². The van der Waals surface area contributed by atoms with Gasteiger partial charge in [0, 0.05) is 18.6 Å². The molecule has 29 heavy (non-hydrogen) atoms. The van der Waals surface area contributed by atoms with Gasteiger partial charge >= 0.3 is 0 Å². The van der Waals surface area contributed by atoms with Crippen LogP contribution in [0.3, 0.4) is 0 Å². The van der Waals surface area contributed by atoms with E-state index in [1.165, 1.54) is 16.2 Å². The average Bonchev–Trinajstić information content (AvgIpc) is 3.09. The summed E-state index contributed by atoms with van der Waals surface area (Å²) >= 11 is 3.08. The van der Waals surface area contributed by atoms with E-state index in [2.05, 4.69) is 4.99 Å². The summed E-state index contributed by atoms with van der Waals surface area (Å²) in [4.78, 5) is 18.9. The number of aromatic nitrogens is 1. The number of thiazole rings is 1. The largest absolute Gasteiger partial charge is 0.495 e. The second-order valence-corrected chi connectivity index (χ2v) is 8.06. The lowest BCUT2D eigenvalue weighted by Crippen LogP contribution is -2.20. The van der Waals surface area contributed by atoms with Crippen molar-refractivity contribution in [2.75, 3.05) is 34.2 Å². The molecule has 0 aliphatic heterocycles. The Labute approximate surface area is 178 Å². The molecule has 0 N–H and O–H groups in total. The third-order valence-corrected chi connectivity index (χ3v) is 6.28. The summed E-state index contributed by atoms with van der Waals surface area (Å²) < 4.78 is 19.1. The number of carbonyl (C=O) groups is 1. The van der Waals surface area contributed by atoms with Crippen molar-refractivity contribution in [1.82, 2.24) is 4.57 Å². The molecule has 0 bridgehead atoms. The lowest BCUT2D eigenvalue weighted by atomic mass is 10.1. The Bertz CT molecular complexity index is 1050. The first-order valence-corrected chi connectivity index (χ1v) is 11.1. The van der Waals surface area contributed by atoms with Gasteiger partial charge in [0.15, 0.2) is 4.80 Å². The quantitative estimate of drug-likeness (QED) is 0.507. The van der Waals surface area contributed by atoms with Gasteiger partial charge in [0.25, 0.3) is 5.91 Å². The third kappa shape index (κ3) is 4.83. The van der Waals surface area contributed by atoms with E-state index >= 15 is 0 Å². The molecule has 0 saturated heterocycles. The molecule has 1 aromatic heterocycles. The third-order valence-electron chi connectivity index (χ3n) is 4.45. The Morgan fingerprint density at radius 2 is 1.76 bits per heavy atom. The molecule has 0 aliphatic carbocycles. The Kier molecular flexibility index (Phi) is 7.35. The number of fused-ring (bicyclic) bond motifs is 1. The number of ether oxygens (including phenoxy) is 3. The molecule has 154 valence electrons. The van der Waals surface area contributed by atoms with E-state index in [4.69, 9.17) is 14.2 Å². The normalized spacial score (nSPS) is 11.8. The van der Waals surface area contributed by atoms with Crippen LogP contribution in [-0.2, 0) is 22.5 Å². The van der Waals surface area contributed by atoms with E-state index in [0.717, 1.165) is 21.5 Å². The predicted octanol–water partition coefficient (Wildman–Crippen LogP) is 3.76. The van der Waals surface area contributed by atoms with Crippen molar-refractivity contribution in [1.29, 1.82) is 0 Å². The molecule has 2 aromatic carbocycles. The minimum atomic E-state index is -0.197. The van der Waals surface area contributed by atoms with Gasteiger partial charge in [-0.25, -0.2) is 0 Å². The van der Waals surface area contributed by atoms with Gasteiger partial charge < -0.3 is 18.8 Å². The van der Waals surface area contributed by atoms with Crippen LogP contribution in [0.2, 0.25) is 0 Å². The number of rotatable bonds is 8. The number of hydrogen-bond acceptors (Lipinski definition) is 6. The van der Waals surface area contributed by atoms with Crippen molar-refractivity contribution < 1.29 is 19.0 Å². The molecule has 0 spiro atoms. The van der Waals surface area contributed by atoms with Gasteiger partial charge in [0.2, 0.25) is 0 Å². The molecule has 6 nitrogen and oxygen atoms in total. The van der Waals surface area contributed by atoms with Gasteiger partial charge in [0.05, 0.1) is 27.2 Å². The molecule has 3 aromatic rings. The summed E-state index contributed by atoms with van der Waals surface area (Å²) in [6.45, 7) is 1.04. The summed E-state index contributed by atoms with van der Waals surface area (Å²) in [5, 5.41) is 0. The first-order chi connectivity index (χ1) is 14.1. The van der Waals surface area contributed by atoms with Crippen LogP contribution in [0, 0.1) is 0 Å². The van der Waals surface area contributed by atoms with Crippen LogP contribution < -0.4 is 14.3 Å². The molecular weight excluding hydrogens is 408 g/mol. The molecule has 0 aliphatic rings. The number of carbonyl (C=O) groups excluding carboxylic acids is 1. The van der Waals surface area contributed by atoms with Crippen LogP contribution in [0.15, 0.2) is 46.3 Å². The molecule has 1 amide bonds. The van der Waals surface area contributed by atoms with Crippen LogP contribution in [-0.4, -0.2) is 44.7 Å². The van der Waals surface area contributed by atoms with Gasteiger partial charge in [-0.1, -0.05) is 23.5 Å². The van der Waals surface area contributed by atoms with Crippen molar-refractivity contribution in [3.8, 4) is 11.5 Å². The summed E-state index contributed by atoms with van der Waals surface area (Å²) in [6.07, 6.45) is 2.28. The highest BCUT2D eigenvalue weighted by Crippen LogP contribution is 2.35. The van der Waals surface area contributed by atoms with E-state index < -0.39 is 0 Å². The number of amides is 1. The molecule has 0 atom stereocenters. The Morgan fingerprint density at radius 1 is 1.07 bits per heavy atom. The first-order valence-electron chi connectivity index (χ1n) is 9.05. The Balaban J connectivity index is 2.04. The van der Waals surface area contributed by atoms with Crippen molar-refractivity contribution in [3.63, 3.8) is 0 Å². The molecule has 0 fully saturated rings. The zero-order valence-electron chi connectivity index (χ0n) is 16.9. The lowest BCUT2D eigenvalue weighted by molar-refractivity contribution is -0.117. The fourth-order valence-electron chi connectivity index (χ4n) is 2.99. The fourth-order valence-corrected chi connectivity index (χ4v) is 4.58. The van der Waals surface area contributed by atoms with Crippen LogP contribution in [0.4, 0.5) is 0 Å². The average molecular weight is 433 g/mol. The highest BCUT2D eigenvalue weighted by molar-refractivity contribution is 7.98. The second kappa shape index (κ2) is 9.96. The highest BCUT2D eigenvalue weighted by atomic mass is 32.2. The summed E-state index contributed by atoms with van der Waals surface area (Å²) in [5.74, 6) is 1.23. The molecule has 8 heteroatoms. The van der Waals surface area contributed by atoms with Crippen LogP contribution in [0.25, 0.3) is 10.2 Å². The Morgan fingerprint density at radius 3 is 2.38 bits per heavy atom. The monoisotopic (exact) mass is 432 g/mol. The topological polar surface area (TPSA) is 62.1 Å². The number of thioether (sulfide) groups is 1. The molecular formula is C21H24N2O4S2. The smallest absolute Gasteiger partial charge is 0.252 e. The summed E-state index contributed by atoms with van der Waals surface area (Å²) in [5.41, 5.74) is 1.79. The number of hydrogen-bond donors (Lipinski definition) is 0. The number of methoxy groups -OCH3 is 3. The van der Waals surface area contributed by atoms with E-state index in [9.17, 15) is 4.79 Å². The minimum absolute atomic E-state index is 0.197. The molecule has 0 saturated carbocycles. The van der Waals surface area contributed by atoms with E-state index in [-0.39, 0.29) is 12.3 Å². The summed E-state index contributed by atoms with van der Waals surface area (Å²) in [6, 6.07) is 11.7. The molecule has 3 rings (SSSR count). The highest BCUT2D eigenvalue weighted by Gasteiger charge is 2.16. The van der Waals surface area contributed by atoms with Gasteiger partial charge in [-0.05, 0) is 36.1 Å². The fraction of sp³-hybridized carbons (Fsp3) is 0.333. The summed E-state index contributed by atoms with van der Waals surface area (Å²) in [7, 11) is 4.90. The van der Waals surface area contributed by atoms with Gasteiger partial charge in [-0.3, -0.25) is 4.79 Å². The zero-order chi connectivity index (χ0) is 20.8. The Hall–Kier alpha value is -2.29. The van der Waals surface area contributed by atoms with Crippen molar-refractivity contribution in [2.24, 2.45) is 4.99 Å². The van der Waals surface area contributed by atoms with Crippen LogP contribution in [0.1, 0.15) is 5.56 Å². The number of nitrogens with zero attached hydrogens (tertiary/aromatic N) is 2. The zero-order valence-corrected chi connectivity index (χ0v) is 18.6. The molecule has 0 radical (unpaired) electrons. The van der Waals surface area contributed by atoms with Gasteiger partial charge in [-0.15, -0.1) is 11.8 Å². The number of benzene rings is 2. The van der Waals surface area contributed by atoms with Gasteiger partial charge in [0.1, 0.15) is 21.7 Å². The van der Waals surface area contributed by atoms with Crippen molar-refractivity contribution in [3.05, 3.63) is 46.8 Å². The van der Waals surface area contributed by atoms with E-state index in [0.29, 0.717) is 23.7 Å². The van der Waals surface area contributed by atoms with Crippen LogP contribution in [0.5, 0.6) is 11.5 Å². The predicted molar refractivity (Wildman–Crippen MR) is 117 cm³/mol. The maximum absolute atomic E-state index is 12.7. The minimum Gasteiger partial charge on any atom is -0.495 e. The van der Waals surface area contributed by atoms with Gasteiger partial charge in [-0.2, -0.15) is 4.99 Å². The van der Waals surface area contributed by atoms with Crippen molar-refractivity contribution >= 4 is 39.2 Å².